The molecule has 6 nitrogen and oxygen atoms in total. The van der Waals surface area contributed by atoms with Gasteiger partial charge < -0.3 is 5.73 Å². The summed E-state index contributed by atoms with van der Waals surface area (Å²) < 4.78 is 27.3. The molecule has 1 atom stereocenters. The second kappa shape index (κ2) is 9.12. The number of hydrogen-bond acceptors (Lipinski definition) is 5. The summed E-state index contributed by atoms with van der Waals surface area (Å²) in [5, 5.41) is 0. The van der Waals surface area contributed by atoms with Gasteiger partial charge in [-0.3, -0.25) is 9.59 Å². The fraction of sp³-hybridized carbons (Fsp3) is 0.467. The van der Waals surface area contributed by atoms with Gasteiger partial charge in [-0.2, -0.15) is 0 Å². The SMILES string of the molecule is Cc1ccccc1S(=O)(=O)N[C@@H](CCCCN)C(=O)C(=O)CCl. The second-order valence-electron chi connectivity index (χ2n) is 5.14. The lowest BCUT2D eigenvalue weighted by atomic mass is 10.0. The Morgan fingerprint density at radius 3 is 2.48 bits per heavy atom. The van der Waals surface area contributed by atoms with E-state index in [-0.39, 0.29) is 11.3 Å². The van der Waals surface area contributed by atoms with Crippen LogP contribution in [0.5, 0.6) is 0 Å². The Morgan fingerprint density at radius 1 is 1.26 bits per heavy atom. The van der Waals surface area contributed by atoms with E-state index in [1.54, 1.807) is 25.1 Å². The number of ketones is 2. The number of benzene rings is 1. The van der Waals surface area contributed by atoms with Gasteiger partial charge in [-0.1, -0.05) is 24.6 Å². The van der Waals surface area contributed by atoms with Gasteiger partial charge in [0.2, 0.25) is 21.6 Å². The molecule has 0 saturated carbocycles. The number of sulfonamides is 1. The van der Waals surface area contributed by atoms with Crippen LogP contribution in [0.15, 0.2) is 29.2 Å². The van der Waals surface area contributed by atoms with Gasteiger partial charge in [-0.15, -0.1) is 11.6 Å². The van der Waals surface area contributed by atoms with Crippen LogP contribution in [0.1, 0.15) is 24.8 Å². The van der Waals surface area contributed by atoms with Crippen LogP contribution in [0, 0.1) is 6.92 Å². The van der Waals surface area contributed by atoms with Crippen molar-refractivity contribution in [1.29, 1.82) is 0 Å². The van der Waals surface area contributed by atoms with Gasteiger partial charge in [0.05, 0.1) is 16.8 Å². The van der Waals surface area contributed by atoms with Crippen molar-refractivity contribution in [3.63, 3.8) is 0 Å². The summed E-state index contributed by atoms with van der Waals surface area (Å²) in [7, 11) is -3.91. The van der Waals surface area contributed by atoms with Gasteiger partial charge in [-0.05, 0) is 37.9 Å². The molecule has 0 aromatic heterocycles. The molecule has 0 aliphatic carbocycles. The van der Waals surface area contributed by atoms with Crippen molar-refractivity contribution in [3.8, 4) is 0 Å². The maximum atomic E-state index is 12.5. The molecule has 0 aliphatic rings. The second-order valence-corrected chi connectivity index (χ2v) is 7.09. The summed E-state index contributed by atoms with van der Waals surface area (Å²) in [4.78, 5) is 23.7. The minimum absolute atomic E-state index is 0.0787. The topological polar surface area (TPSA) is 106 Å². The quantitative estimate of drug-likeness (QED) is 0.370. The number of alkyl halides is 1. The lowest BCUT2D eigenvalue weighted by molar-refractivity contribution is -0.136. The molecule has 128 valence electrons. The Bertz CT molecular complexity index is 661. The Balaban J connectivity index is 3.01. The van der Waals surface area contributed by atoms with Crippen LogP contribution in [0.4, 0.5) is 0 Å². The van der Waals surface area contributed by atoms with E-state index in [1.807, 2.05) is 0 Å². The lowest BCUT2D eigenvalue weighted by Gasteiger charge is -2.17. The van der Waals surface area contributed by atoms with E-state index in [0.717, 1.165) is 0 Å². The molecule has 0 spiro atoms. The molecule has 1 aromatic carbocycles. The first-order chi connectivity index (χ1) is 10.8. The summed E-state index contributed by atoms with van der Waals surface area (Å²) in [5.74, 6) is -2.11. The Morgan fingerprint density at radius 2 is 1.91 bits per heavy atom. The molecule has 1 aromatic rings. The van der Waals surface area contributed by atoms with Crippen molar-refractivity contribution in [1.82, 2.24) is 4.72 Å². The number of aryl methyl sites for hydroxylation is 1. The fourth-order valence-electron chi connectivity index (χ4n) is 2.11. The largest absolute Gasteiger partial charge is 0.330 e. The van der Waals surface area contributed by atoms with E-state index < -0.39 is 33.5 Å². The molecule has 0 unspecified atom stereocenters. The third-order valence-electron chi connectivity index (χ3n) is 3.34. The summed E-state index contributed by atoms with van der Waals surface area (Å²) in [6, 6.07) is 5.29. The average molecular weight is 361 g/mol. The van der Waals surface area contributed by atoms with E-state index in [4.69, 9.17) is 17.3 Å². The Hall–Kier alpha value is -1.28. The summed E-state index contributed by atoms with van der Waals surface area (Å²) in [6.07, 6.45) is 1.35. The van der Waals surface area contributed by atoms with Crippen LogP contribution < -0.4 is 10.5 Å². The van der Waals surface area contributed by atoms with Crippen LogP contribution in [0.2, 0.25) is 0 Å². The van der Waals surface area contributed by atoms with Crippen LogP contribution >= 0.6 is 11.6 Å². The number of Topliss-reactive ketones (excluding diaryl/α,β-unsaturated/α-hetero) is 2. The molecule has 0 heterocycles. The number of carbonyl (C=O) groups is 2. The number of rotatable bonds is 10. The third kappa shape index (κ3) is 5.69. The van der Waals surface area contributed by atoms with Crippen LogP contribution in [0.3, 0.4) is 0 Å². The van der Waals surface area contributed by atoms with Crippen molar-refractivity contribution >= 4 is 33.2 Å². The molecule has 0 amide bonds. The van der Waals surface area contributed by atoms with Gasteiger partial charge in [0.15, 0.2) is 0 Å². The zero-order chi connectivity index (χ0) is 17.5. The van der Waals surface area contributed by atoms with Gasteiger partial charge >= 0.3 is 0 Å². The smallest absolute Gasteiger partial charge is 0.241 e. The zero-order valence-corrected chi connectivity index (χ0v) is 14.5. The number of hydrogen-bond donors (Lipinski definition) is 2. The first kappa shape index (κ1) is 19.8. The highest BCUT2D eigenvalue weighted by molar-refractivity contribution is 7.89. The van der Waals surface area contributed by atoms with Crippen molar-refractivity contribution in [2.75, 3.05) is 12.4 Å². The van der Waals surface area contributed by atoms with E-state index in [1.165, 1.54) is 6.07 Å². The minimum Gasteiger partial charge on any atom is -0.330 e. The summed E-state index contributed by atoms with van der Waals surface area (Å²) in [6.45, 7) is 2.08. The average Bonchev–Trinajstić information content (AvgIpc) is 2.52. The number of halogens is 1. The van der Waals surface area contributed by atoms with E-state index >= 15 is 0 Å². The van der Waals surface area contributed by atoms with E-state index in [2.05, 4.69) is 4.72 Å². The highest BCUT2D eigenvalue weighted by Crippen LogP contribution is 2.16. The molecular weight excluding hydrogens is 340 g/mol. The number of carbonyl (C=O) groups excluding carboxylic acids is 2. The van der Waals surface area contributed by atoms with Gasteiger partial charge in [0.1, 0.15) is 0 Å². The standard InChI is InChI=1S/C15H21ClN2O4S/c1-11-6-2-3-8-14(11)23(21,22)18-12(7-4-5-9-17)15(20)13(19)10-16/h2-3,6,8,12,18H,4-5,7,9-10,17H2,1H3/t12-/m0/s1. The molecule has 1 rings (SSSR count). The maximum Gasteiger partial charge on any atom is 0.241 e. The molecule has 0 saturated heterocycles. The van der Waals surface area contributed by atoms with Gasteiger partial charge in [-0.25, -0.2) is 13.1 Å². The van der Waals surface area contributed by atoms with E-state index in [0.29, 0.717) is 24.9 Å². The van der Waals surface area contributed by atoms with Crippen molar-refractivity contribution in [2.24, 2.45) is 5.73 Å². The normalized spacial score (nSPS) is 12.8. The molecule has 0 bridgehead atoms. The molecule has 23 heavy (non-hydrogen) atoms. The predicted octanol–water partition coefficient (Wildman–Crippen LogP) is 1.15. The van der Waals surface area contributed by atoms with E-state index in [9.17, 15) is 18.0 Å². The minimum atomic E-state index is -3.91. The molecule has 3 N–H and O–H groups in total. The molecular formula is C15H21ClN2O4S. The van der Waals surface area contributed by atoms with Crippen molar-refractivity contribution in [2.45, 2.75) is 37.1 Å². The van der Waals surface area contributed by atoms with Crippen molar-refractivity contribution < 1.29 is 18.0 Å². The van der Waals surface area contributed by atoms with Crippen LogP contribution in [0.25, 0.3) is 0 Å². The third-order valence-corrected chi connectivity index (χ3v) is 5.21. The molecule has 0 radical (unpaired) electrons. The fourth-order valence-corrected chi connectivity index (χ4v) is 3.71. The monoisotopic (exact) mass is 360 g/mol. The van der Waals surface area contributed by atoms with Crippen LogP contribution in [-0.4, -0.2) is 38.5 Å². The number of nitrogens with two attached hydrogens (primary N) is 1. The van der Waals surface area contributed by atoms with Crippen molar-refractivity contribution in [3.05, 3.63) is 29.8 Å². The lowest BCUT2D eigenvalue weighted by Crippen LogP contribution is -2.44. The Labute approximate surface area is 141 Å². The Kier molecular flexibility index (Phi) is 7.84. The highest BCUT2D eigenvalue weighted by atomic mass is 35.5. The summed E-state index contributed by atoms with van der Waals surface area (Å²) >= 11 is 5.40. The number of nitrogens with one attached hydrogen (secondary N) is 1. The van der Waals surface area contributed by atoms with Gasteiger partial charge in [0.25, 0.3) is 0 Å². The first-order valence-corrected chi connectivity index (χ1v) is 9.26. The summed E-state index contributed by atoms with van der Waals surface area (Å²) in [5.41, 5.74) is 5.96. The predicted molar refractivity (Wildman–Crippen MR) is 88.9 cm³/mol. The molecule has 0 aliphatic heterocycles. The van der Waals surface area contributed by atoms with Gasteiger partial charge in [0, 0.05) is 0 Å². The highest BCUT2D eigenvalue weighted by Gasteiger charge is 2.29. The van der Waals surface area contributed by atoms with Crippen LogP contribution in [-0.2, 0) is 19.6 Å². The maximum absolute atomic E-state index is 12.5. The first-order valence-electron chi connectivity index (χ1n) is 7.24. The molecule has 8 heteroatoms. The molecule has 0 fully saturated rings. The zero-order valence-electron chi connectivity index (χ0n) is 12.9. The number of unbranched alkanes of at least 4 members (excludes halogenated alkanes) is 1.